The molecule has 0 saturated carbocycles. The predicted octanol–water partition coefficient (Wildman–Crippen LogP) is 1.97. The van der Waals surface area contributed by atoms with Crippen molar-refractivity contribution in [2.45, 2.75) is 31.4 Å². The van der Waals surface area contributed by atoms with Gasteiger partial charge in [0.2, 0.25) is 0 Å². The van der Waals surface area contributed by atoms with Gasteiger partial charge < -0.3 is 15.0 Å². The third-order valence-corrected chi connectivity index (χ3v) is 3.91. The molecule has 1 amide bonds. The molecule has 2 unspecified atom stereocenters. The van der Waals surface area contributed by atoms with Gasteiger partial charge in [0.1, 0.15) is 0 Å². The van der Waals surface area contributed by atoms with Gasteiger partial charge in [-0.2, -0.15) is 0 Å². The van der Waals surface area contributed by atoms with Crippen molar-refractivity contribution >= 4 is 5.91 Å². The number of benzene rings is 1. The minimum Gasteiger partial charge on any atom is -0.367 e. The van der Waals surface area contributed by atoms with E-state index in [0.29, 0.717) is 0 Å². The lowest BCUT2D eigenvalue weighted by atomic mass is 9.99. The smallest absolute Gasteiger partial charge is 0.256 e. The first-order chi connectivity index (χ1) is 9.77. The van der Waals surface area contributed by atoms with Crippen molar-refractivity contribution in [2.75, 3.05) is 27.2 Å². The summed E-state index contributed by atoms with van der Waals surface area (Å²) in [6.07, 6.45) is 2.85. The summed E-state index contributed by atoms with van der Waals surface area (Å²) >= 11 is 0. The molecule has 1 fully saturated rings. The molecular formula is C16H24N2O2. The van der Waals surface area contributed by atoms with Crippen LogP contribution in [-0.4, -0.2) is 44.1 Å². The fourth-order valence-electron chi connectivity index (χ4n) is 2.90. The molecule has 1 aromatic rings. The second-order valence-corrected chi connectivity index (χ2v) is 5.27. The summed E-state index contributed by atoms with van der Waals surface area (Å²) in [5.74, 6) is 0.0821. The molecule has 1 N–H and O–H groups in total. The van der Waals surface area contributed by atoms with Gasteiger partial charge in [-0.05, 0) is 31.9 Å². The minimum absolute atomic E-state index is 0.0821. The average molecular weight is 276 g/mol. The molecule has 1 aliphatic rings. The third kappa shape index (κ3) is 3.38. The summed E-state index contributed by atoms with van der Waals surface area (Å²) in [6, 6.07) is 10.0. The van der Waals surface area contributed by atoms with Crippen LogP contribution in [0.25, 0.3) is 0 Å². The van der Waals surface area contributed by atoms with E-state index in [9.17, 15) is 4.79 Å². The molecule has 1 saturated heterocycles. The summed E-state index contributed by atoms with van der Waals surface area (Å²) < 4.78 is 5.47. The molecule has 4 heteroatoms. The topological polar surface area (TPSA) is 41.6 Å². The fourth-order valence-corrected chi connectivity index (χ4v) is 2.90. The van der Waals surface area contributed by atoms with Gasteiger partial charge in [-0.3, -0.25) is 4.79 Å². The van der Waals surface area contributed by atoms with Gasteiger partial charge in [0.15, 0.2) is 6.10 Å². The van der Waals surface area contributed by atoms with Crippen LogP contribution in [0.5, 0.6) is 0 Å². The zero-order chi connectivity index (χ0) is 14.4. The van der Waals surface area contributed by atoms with Crippen molar-refractivity contribution < 1.29 is 9.53 Å². The molecule has 1 heterocycles. The van der Waals surface area contributed by atoms with Crippen LogP contribution in [0, 0.1) is 0 Å². The van der Waals surface area contributed by atoms with E-state index in [0.717, 1.165) is 31.5 Å². The maximum absolute atomic E-state index is 12.8. The number of ether oxygens (including phenoxy) is 1. The van der Waals surface area contributed by atoms with E-state index >= 15 is 0 Å². The predicted molar refractivity (Wildman–Crippen MR) is 79.5 cm³/mol. The first-order valence-corrected chi connectivity index (χ1v) is 7.30. The van der Waals surface area contributed by atoms with Crippen molar-refractivity contribution in [3.8, 4) is 0 Å². The molecule has 1 aromatic carbocycles. The standard InChI is InChI=1S/C16H24N2O2/c1-17-12-14-10-6-7-11-18(14)16(19)15(20-2)13-8-4-3-5-9-13/h3-5,8-9,14-15,17H,6-7,10-12H2,1-2H3. The Morgan fingerprint density at radius 2 is 2.15 bits per heavy atom. The maximum atomic E-state index is 12.8. The number of amides is 1. The van der Waals surface area contributed by atoms with E-state index in [1.165, 1.54) is 6.42 Å². The van der Waals surface area contributed by atoms with Gasteiger partial charge in [0.25, 0.3) is 5.91 Å². The molecule has 0 aromatic heterocycles. The lowest BCUT2D eigenvalue weighted by molar-refractivity contribution is -0.146. The highest BCUT2D eigenvalue weighted by atomic mass is 16.5. The highest BCUT2D eigenvalue weighted by Crippen LogP contribution is 2.24. The highest BCUT2D eigenvalue weighted by Gasteiger charge is 2.31. The first kappa shape index (κ1) is 15.0. The SMILES string of the molecule is CNCC1CCCCN1C(=O)C(OC)c1ccccc1. The van der Waals surface area contributed by atoms with Crippen LogP contribution in [0.1, 0.15) is 30.9 Å². The Balaban J connectivity index is 2.14. The Morgan fingerprint density at radius 1 is 1.40 bits per heavy atom. The largest absolute Gasteiger partial charge is 0.367 e. The summed E-state index contributed by atoms with van der Waals surface area (Å²) in [4.78, 5) is 14.8. The Morgan fingerprint density at radius 3 is 2.80 bits per heavy atom. The van der Waals surface area contributed by atoms with Gasteiger partial charge in [-0.15, -0.1) is 0 Å². The normalized spacial score (nSPS) is 20.7. The van der Waals surface area contributed by atoms with Gasteiger partial charge in [-0.1, -0.05) is 30.3 Å². The van der Waals surface area contributed by atoms with E-state index in [1.807, 2.05) is 42.3 Å². The molecule has 2 atom stereocenters. The summed E-state index contributed by atoms with van der Waals surface area (Å²) in [5.41, 5.74) is 0.925. The van der Waals surface area contributed by atoms with E-state index in [-0.39, 0.29) is 11.9 Å². The molecule has 2 rings (SSSR count). The van der Waals surface area contributed by atoms with Crippen LogP contribution in [0.15, 0.2) is 30.3 Å². The van der Waals surface area contributed by atoms with Gasteiger partial charge >= 0.3 is 0 Å². The summed E-state index contributed by atoms with van der Waals surface area (Å²) in [5, 5.41) is 3.18. The lowest BCUT2D eigenvalue weighted by Gasteiger charge is -2.37. The fraction of sp³-hybridized carbons (Fsp3) is 0.562. The number of nitrogens with zero attached hydrogens (tertiary/aromatic N) is 1. The molecule has 0 spiro atoms. The van der Waals surface area contributed by atoms with Gasteiger partial charge in [0, 0.05) is 26.2 Å². The number of piperidine rings is 1. The molecule has 20 heavy (non-hydrogen) atoms. The molecular weight excluding hydrogens is 252 g/mol. The van der Waals surface area contributed by atoms with Crippen LogP contribution in [0.4, 0.5) is 0 Å². The van der Waals surface area contributed by atoms with E-state index in [1.54, 1.807) is 7.11 Å². The number of rotatable bonds is 5. The van der Waals surface area contributed by atoms with Crippen LogP contribution in [-0.2, 0) is 9.53 Å². The molecule has 0 radical (unpaired) electrons. The van der Waals surface area contributed by atoms with Gasteiger partial charge in [0.05, 0.1) is 0 Å². The maximum Gasteiger partial charge on any atom is 0.256 e. The van der Waals surface area contributed by atoms with Crippen molar-refractivity contribution in [1.29, 1.82) is 0 Å². The lowest BCUT2D eigenvalue weighted by Crippen LogP contribution is -2.49. The van der Waals surface area contributed by atoms with Crippen molar-refractivity contribution in [3.05, 3.63) is 35.9 Å². The van der Waals surface area contributed by atoms with Crippen LogP contribution in [0.2, 0.25) is 0 Å². The van der Waals surface area contributed by atoms with E-state index in [2.05, 4.69) is 5.32 Å². The molecule has 0 aliphatic carbocycles. The molecule has 1 aliphatic heterocycles. The summed E-state index contributed by atoms with van der Waals surface area (Å²) in [7, 11) is 3.54. The average Bonchev–Trinajstić information content (AvgIpc) is 2.50. The number of likely N-dealkylation sites (tertiary alicyclic amines) is 1. The minimum atomic E-state index is -0.492. The number of hydrogen-bond acceptors (Lipinski definition) is 3. The van der Waals surface area contributed by atoms with Crippen LogP contribution < -0.4 is 5.32 Å². The third-order valence-electron chi connectivity index (χ3n) is 3.91. The van der Waals surface area contributed by atoms with Crippen molar-refractivity contribution in [3.63, 3.8) is 0 Å². The molecule has 110 valence electrons. The number of nitrogens with one attached hydrogen (secondary N) is 1. The van der Waals surface area contributed by atoms with Gasteiger partial charge in [-0.25, -0.2) is 0 Å². The van der Waals surface area contributed by atoms with E-state index in [4.69, 9.17) is 4.74 Å². The first-order valence-electron chi connectivity index (χ1n) is 7.30. The van der Waals surface area contributed by atoms with Crippen LogP contribution in [0.3, 0.4) is 0 Å². The molecule has 0 bridgehead atoms. The Labute approximate surface area is 121 Å². The number of hydrogen-bond donors (Lipinski definition) is 1. The number of carbonyl (C=O) groups is 1. The zero-order valence-electron chi connectivity index (χ0n) is 12.3. The quantitative estimate of drug-likeness (QED) is 0.894. The summed E-state index contributed by atoms with van der Waals surface area (Å²) in [6.45, 7) is 1.68. The highest BCUT2D eigenvalue weighted by molar-refractivity contribution is 5.82. The Hall–Kier alpha value is -1.39. The Kier molecular flexibility index (Phi) is 5.56. The monoisotopic (exact) mass is 276 g/mol. The molecule has 4 nitrogen and oxygen atoms in total. The van der Waals surface area contributed by atoms with Crippen LogP contribution >= 0.6 is 0 Å². The number of carbonyl (C=O) groups excluding carboxylic acids is 1. The second kappa shape index (κ2) is 7.41. The van der Waals surface area contributed by atoms with E-state index < -0.39 is 6.10 Å². The van der Waals surface area contributed by atoms with Crippen molar-refractivity contribution in [2.24, 2.45) is 0 Å². The number of likely N-dealkylation sites (N-methyl/N-ethyl adjacent to an activating group) is 1. The Bertz CT molecular complexity index is 420. The zero-order valence-corrected chi connectivity index (χ0v) is 12.3. The second-order valence-electron chi connectivity index (χ2n) is 5.27. The van der Waals surface area contributed by atoms with Crippen molar-refractivity contribution in [1.82, 2.24) is 10.2 Å². The number of methoxy groups -OCH3 is 1.